The second-order valence-electron chi connectivity index (χ2n) is 2.47. The molecule has 0 atom stereocenters. The molecule has 14 heavy (non-hydrogen) atoms. The standard InChI is InChI=1S/C5H3F5IN3/c1-4(6,7)2-12-3(11)13-14(2)5(8,9)10/h1H3. The van der Waals surface area contributed by atoms with Gasteiger partial charge in [-0.3, -0.25) is 0 Å². The van der Waals surface area contributed by atoms with E-state index in [2.05, 4.69) is 10.1 Å². The molecule has 0 aliphatic rings. The maximum Gasteiger partial charge on any atom is 0.506 e. The summed E-state index contributed by atoms with van der Waals surface area (Å²) in [5.41, 5.74) is 0. The molecule has 0 bridgehead atoms. The number of halogens is 6. The monoisotopic (exact) mass is 327 g/mol. The number of nitrogens with zero attached hydrogens (tertiary/aromatic N) is 3. The first kappa shape index (κ1) is 11.6. The van der Waals surface area contributed by atoms with Gasteiger partial charge in [-0.2, -0.15) is 8.78 Å². The molecule has 0 spiro atoms. The molecule has 1 rings (SSSR count). The second kappa shape index (κ2) is 3.28. The largest absolute Gasteiger partial charge is 0.506 e. The molecule has 0 fully saturated rings. The summed E-state index contributed by atoms with van der Waals surface area (Å²) >= 11 is 1.33. The highest BCUT2D eigenvalue weighted by Crippen LogP contribution is 2.31. The fraction of sp³-hybridized carbons (Fsp3) is 0.600. The third-order valence-electron chi connectivity index (χ3n) is 1.21. The number of hydrogen-bond donors (Lipinski definition) is 0. The van der Waals surface area contributed by atoms with Gasteiger partial charge in [-0.05, 0) is 0 Å². The quantitative estimate of drug-likeness (QED) is 0.586. The minimum Gasteiger partial charge on any atom is -0.200 e. The fourth-order valence-electron chi connectivity index (χ4n) is 0.748. The summed E-state index contributed by atoms with van der Waals surface area (Å²) in [6.45, 7) is 0.329. The third-order valence-corrected chi connectivity index (χ3v) is 1.67. The molecule has 9 heteroatoms. The van der Waals surface area contributed by atoms with Crippen LogP contribution in [0.3, 0.4) is 0 Å². The Morgan fingerprint density at radius 2 is 1.71 bits per heavy atom. The van der Waals surface area contributed by atoms with Crippen LogP contribution in [0.25, 0.3) is 0 Å². The molecule has 0 unspecified atom stereocenters. The van der Waals surface area contributed by atoms with E-state index in [-0.39, 0.29) is 3.83 Å². The summed E-state index contributed by atoms with van der Waals surface area (Å²) in [6, 6.07) is 0. The van der Waals surface area contributed by atoms with Crippen LogP contribution in [-0.4, -0.2) is 14.8 Å². The van der Waals surface area contributed by atoms with E-state index in [1.54, 1.807) is 0 Å². The number of aromatic nitrogens is 3. The highest BCUT2D eigenvalue weighted by atomic mass is 127. The average molecular weight is 327 g/mol. The van der Waals surface area contributed by atoms with Gasteiger partial charge in [0.05, 0.1) is 0 Å². The highest BCUT2D eigenvalue weighted by Gasteiger charge is 2.42. The van der Waals surface area contributed by atoms with Gasteiger partial charge in [-0.1, -0.05) is 0 Å². The van der Waals surface area contributed by atoms with Crippen molar-refractivity contribution in [1.29, 1.82) is 0 Å². The smallest absolute Gasteiger partial charge is 0.200 e. The molecule has 1 aromatic heterocycles. The molecular weight excluding hydrogens is 324 g/mol. The van der Waals surface area contributed by atoms with Gasteiger partial charge in [-0.25, -0.2) is 4.98 Å². The van der Waals surface area contributed by atoms with Gasteiger partial charge in [0, 0.05) is 29.5 Å². The SMILES string of the molecule is CC(F)(F)c1nc(I)nn1C(F)(F)F. The molecule has 0 saturated carbocycles. The molecule has 0 aliphatic carbocycles. The van der Waals surface area contributed by atoms with Crippen molar-refractivity contribution in [3.63, 3.8) is 0 Å². The van der Waals surface area contributed by atoms with Crippen molar-refractivity contribution in [2.45, 2.75) is 19.1 Å². The van der Waals surface area contributed by atoms with E-state index in [1.807, 2.05) is 0 Å². The van der Waals surface area contributed by atoms with E-state index in [1.165, 1.54) is 22.6 Å². The Balaban J connectivity index is 3.31. The summed E-state index contributed by atoms with van der Waals surface area (Å²) in [5, 5.41) is 2.84. The summed E-state index contributed by atoms with van der Waals surface area (Å²) in [6.07, 6.45) is -4.98. The maximum atomic E-state index is 12.6. The van der Waals surface area contributed by atoms with E-state index < -0.39 is 22.7 Å². The zero-order valence-electron chi connectivity index (χ0n) is 6.61. The number of alkyl halides is 5. The lowest BCUT2D eigenvalue weighted by atomic mass is 10.4. The third kappa shape index (κ3) is 2.30. The zero-order valence-corrected chi connectivity index (χ0v) is 8.77. The van der Waals surface area contributed by atoms with Crippen LogP contribution in [0.15, 0.2) is 0 Å². The maximum absolute atomic E-state index is 12.6. The van der Waals surface area contributed by atoms with Crippen LogP contribution in [0.1, 0.15) is 12.7 Å². The summed E-state index contributed by atoms with van der Waals surface area (Å²) in [5.74, 6) is -5.08. The molecule has 1 heterocycles. The summed E-state index contributed by atoms with van der Waals surface area (Å²) in [7, 11) is 0. The van der Waals surface area contributed by atoms with E-state index in [9.17, 15) is 22.0 Å². The van der Waals surface area contributed by atoms with Crippen LogP contribution in [0.4, 0.5) is 22.0 Å². The van der Waals surface area contributed by atoms with Gasteiger partial charge in [0.25, 0.3) is 0 Å². The minimum atomic E-state index is -4.98. The Morgan fingerprint density at radius 3 is 2.00 bits per heavy atom. The Morgan fingerprint density at radius 1 is 1.21 bits per heavy atom. The molecule has 0 aromatic carbocycles. The van der Waals surface area contributed by atoms with Crippen LogP contribution in [-0.2, 0) is 12.2 Å². The van der Waals surface area contributed by atoms with Crippen LogP contribution < -0.4 is 0 Å². The van der Waals surface area contributed by atoms with Gasteiger partial charge < -0.3 is 0 Å². The molecule has 80 valence electrons. The van der Waals surface area contributed by atoms with Crippen LogP contribution >= 0.6 is 22.6 Å². The van der Waals surface area contributed by atoms with Crippen molar-refractivity contribution in [3.8, 4) is 0 Å². The van der Waals surface area contributed by atoms with Crippen LogP contribution in [0.2, 0.25) is 0 Å². The number of hydrogen-bond acceptors (Lipinski definition) is 2. The first-order valence-corrected chi connectivity index (χ1v) is 4.28. The first-order valence-electron chi connectivity index (χ1n) is 3.20. The Labute approximate surface area is 88.4 Å². The first-order chi connectivity index (χ1) is 6.12. The van der Waals surface area contributed by atoms with Crippen LogP contribution in [0.5, 0.6) is 0 Å². The van der Waals surface area contributed by atoms with Gasteiger partial charge in [-0.15, -0.1) is 23.0 Å². The molecular formula is C5H3F5IN3. The van der Waals surface area contributed by atoms with Crippen molar-refractivity contribution in [3.05, 3.63) is 9.66 Å². The Hall–Kier alpha value is -0.480. The van der Waals surface area contributed by atoms with Gasteiger partial charge >= 0.3 is 12.2 Å². The highest BCUT2D eigenvalue weighted by molar-refractivity contribution is 14.1. The molecule has 0 saturated heterocycles. The lowest BCUT2D eigenvalue weighted by Crippen LogP contribution is -2.26. The molecule has 0 aliphatic heterocycles. The molecule has 0 amide bonds. The topological polar surface area (TPSA) is 30.7 Å². The van der Waals surface area contributed by atoms with Crippen molar-refractivity contribution in [2.75, 3.05) is 0 Å². The lowest BCUT2D eigenvalue weighted by molar-refractivity contribution is -0.219. The van der Waals surface area contributed by atoms with Gasteiger partial charge in [0.15, 0.2) is 0 Å². The van der Waals surface area contributed by atoms with E-state index >= 15 is 0 Å². The normalized spacial score (nSPS) is 13.4. The van der Waals surface area contributed by atoms with Crippen molar-refractivity contribution in [2.24, 2.45) is 0 Å². The zero-order chi connectivity index (χ0) is 11.1. The second-order valence-corrected chi connectivity index (χ2v) is 3.44. The van der Waals surface area contributed by atoms with Crippen LogP contribution in [0, 0.1) is 3.83 Å². The Kier molecular flexibility index (Phi) is 2.71. The fourth-order valence-corrected chi connectivity index (χ4v) is 1.19. The number of rotatable bonds is 1. The predicted molar refractivity (Wildman–Crippen MR) is 43.6 cm³/mol. The average Bonchev–Trinajstić information content (AvgIpc) is 2.27. The molecule has 0 N–H and O–H groups in total. The summed E-state index contributed by atoms with van der Waals surface area (Å²) < 4.78 is 60.5. The van der Waals surface area contributed by atoms with Gasteiger partial charge in [0.1, 0.15) is 0 Å². The summed E-state index contributed by atoms with van der Waals surface area (Å²) in [4.78, 5) is 3.02. The van der Waals surface area contributed by atoms with Crippen molar-refractivity contribution < 1.29 is 22.0 Å². The Bertz CT molecular complexity index is 307. The van der Waals surface area contributed by atoms with E-state index in [4.69, 9.17) is 0 Å². The van der Waals surface area contributed by atoms with Crippen molar-refractivity contribution >= 4 is 22.6 Å². The lowest BCUT2D eigenvalue weighted by Gasteiger charge is -2.12. The molecule has 3 nitrogen and oxygen atoms in total. The van der Waals surface area contributed by atoms with E-state index in [0.717, 1.165) is 0 Å². The van der Waals surface area contributed by atoms with Gasteiger partial charge in [0.2, 0.25) is 9.66 Å². The van der Waals surface area contributed by atoms with Crippen molar-refractivity contribution in [1.82, 2.24) is 14.8 Å². The molecule has 1 aromatic rings. The molecule has 0 radical (unpaired) electrons. The van der Waals surface area contributed by atoms with E-state index in [0.29, 0.717) is 6.92 Å². The minimum absolute atomic E-state index is 0.329. The predicted octanol–water partition coefficient (Wildman–Crippen LogP) is 2.47.